The van der Waals surface area contributed by atoms with E-state index in [0.717, 1.165) is 36.2 Å². The number of hydrogen-bond donors (Lipinski definition) is 1. The average molecular weight is 428 g/mol. The molecule has 2 N–H and O–H groups in total. The van der Waals surface area contributed by atoms with Gasteiger partial charge in [0.15, 0.2) is 5.82 Å². The Bertz CT molecular complexity index is 1130. The zero-order valence-corrected chi connectivity index (χ0v) is 17.9. The van der Waals surface area contributed by atoms with E-state index in [1.807, 2.05) is 49.6 Å². The van der Waals surface area contributed by atoms with Crippen molar-refractivity contribution in [3.63, 3.8) is 0 Å². The lowest BCUT2D eigenvalue weighted by Gasteiger charge is -2.37. The van der Waals surface area contributed by atoms with Crippen molar-refractivity contribution >= 4 is 5.82 Å². The van der Waals surface area contributed by atoms with Crippen LogP contribution in [0.3, 0.4) is 0 Å². The summed E-state index contributed by atoms with van der Waals surface area (Å²) < 4.78 is 5.61. The molecule has 2 atom stereocenters. The topological polar surface area (TPSA) is 107 Å². The summed E-state index contributed by atoms with van der Waals surface area (Å²) in [5.74, 6) is 1.72. The van der Waals surface area contributed by atoms with Crippen molar-refractivity contribution in [2.75, 3.05) is 12.3 Å². The maximum Gasteiger partial charge on any atom is 0.244 e. The second-order valence-corrected chi connectivity index (χ2v) is 8.06. The van der Waals surface area contributed by atoms with Crippen LogP contribution in [-0.2, 0) is 0 Å². The van der Waals surface area contributed by atoms with E-state index in [-0.39, 0.29) is 18.0 Å². The lowest BCUT2D eigenvalue weighted by Crippen LogP contribution is -2.34. The Morgan fingerprint density at radius 2 is 1.75 bits per heavy atom. The van der Waals surface area contributed by atoms with Gasteiger partial charge in [0, 0.05) is 30.7 Å². The molecule has 0 spiro atoms. The fourth-order valence-electron chi connectivity index (χ4n) is 4.68. The van der Waals surface area contributed by atoms with Gasteiger partial charge in [-0.2, -0.15) is 4.98 Å². The van der Waals surface area contributed by atoms with E-state index in [1.54, 1.807) is 12.4 Å². The van der Waals surface area contributed by atoms with E-state index >= 15 is 0 Å². The number of anilines is 1. The fraction of sp³-hybridized carbons (Fsp3) is 0.292. The Morgan fingerprint density at radius 1 is 1.00 bits per heavy atom. The Balaban J connectivity index is 1.68. The smallest absolute Gasteiger partial charge is 0.244 e. The summed E-state index contributed by atoms with van der Waals surface area (Å²) in [6.07, 6.45) is 9.37. The molecule has 1 aliphatic rings. The normalized spacial score (nSPS) is 17.6. The van der Waals surface area contributed by atoms with Crippen molar-refractivity contribution in [2.24, 2.45) is 0 Å². The summed E-state index contributed by atoms with van der Waals surface area (Å²) in [7, 11) is 0. The standard InChI is InChI=1S/C24H25N7O/c1-16-28-24(32-30-16)20-9-5-13-31(20)23(19-8-2-10-21(25)29-19)22(17-6-3-11-26-14-17)18-7-4-12-27-15-18/h2-4,6-8,10-12,14-15,20,22-23H,5,9,13H2,1H3,(H2,25,29). The number of hydrogen-bond acceptors (Lipinski definition) is 8. The van der Waals surface area contributed by atoms with Crippen LogP contribution in [0.15, 0.2) is 71.8 Å². The Morgan fingerprint density at radius 3 is 2.34 bits per heavy atom. The number of aromatic nitrogens is 5. The monoisotopic (exact) mass is 427 g/mol. The summed E-state index contributed by atoms with van der Waals surface area (Å²) in [5.41, 5.74) is 9.19. The van der Waals surface area contributed by atoms with Crippen LogP contribution in [0.1, 0.15) is 59.4 Å². The first-order valence-electron chi connectivity index (χ1n) is 10.8. The molecule has 1 saturated heterocycles. The van der Waals surface area contributed by atoms with Gasteiger partial charge in [0.25, 0.3) is 0 Å². The van der Waals surface area contributed by atoms with Gasteiger partial charge in [0.2, 0.25) is 5.89 Å². The quantitative estimate of drug-likeness (QED) is 0.494. The molecule has 162 valence electrons. The van der Waals surface area contributed by atoms with Crippen LogP contribution in [0, 0.1) is 6.92 Å². The molecule has 0 saturated carbocycles. The van der Waals surface area contributed by atoms with Gasteiger partial charge in [-0.3, -0.25) is 14.9 Å². The number of pyridine rings is 3. The molecule has 4 aromatic heterocycles. The number of likely N-dealkylation sites (tertiary alicyclic amines) is 1. The van der Waals surface area contributed by atoms with Crippen LogP contribution >= 0.6 is 0 Å². The summed E-state index contributed by atoms with van der Waals surface area (Å²) in [5, 5.41) is 4.03. The van der Waals surface area contributed by atoms with Gasteiger partial charge >= 0.3 is 0 Å². The minimum absolute atomic E-state index is 0.000253. The zero-order chi connectivity index (χ0) is 21.9. The largest absolute Gasteiger partial charge is 0.384 e. The molecule has 5 heterocycles. The molecule has 0 radical (unpaired) electrons. The van der Waals surface area contributed by atoms with Crippen molar-refractivity contribution in [2.45, 2.75) is 37.8 Å². The zero-order valence-electron chi connectivity index (χ0n) is 17.9. The predicted octanol–water partition coefficient (Wildman–Crippen LogP) is 3.86. The second-order valence-electron chi connectivity index (χ2n) is 8.06. The highest BCUT2D eigenvalue weighted by Crippen LogP contribution is 2.46. The third-order valence-corrected chi connectivity index (χ3v) is 5.98. The van der Waals surface area contributed by atoms with Gasteiger partial charge in [-0.1, -0.05) is 23.4 Å². The first-order chi connectivity index (χ1) is 15.7. The van der Waals surface area contributed by atoms with E-state index in [2.05, 4.69) is 37.1 Å². The van der Waals surface area contributed by atoms with Crippen molar-refractivity contribution < 1.29 is 4.52 Å². The third kappa shape index (κ3) is 3.97. The molecule has 2 unspecified atom stereocenters. The Hall–Kier alpha value is -3.65. The minimum atomic E-state index is -0.119. The van der Waals surface area contributed by atoms with Crippen molar-refractivity contribution in [3.8, 4) is 0 Å². The highest BCUT2D eigenvalue weighted by atomic mass is 16.5. The van der Waals surface area contributed by atoms with Crippen LogP contribution < -0.4 is 5.73 Å². The van der Waals surface area contributed by atoms with Crippen LogP contribution in [0.5, 0.6) is 0 Å². The molecule has 1 aliphatic heterocycles. The molecular weight excluding hydrogens is 402 g/mol. The number of rotatable bonds is 6. The average Bonchev–Trinajstić information content (AvgIpc) is 3.47. The van der Waals surface area contributed by atoms with E-state index < -0.39 is 0 Å². The summed E-state index contributed by atoms with van der Waals surface area (Å²) >= 11 is 0. The molecule has 0 bridgehead atoms. The number of nitrogen functional groups attached to an aromatic ring is 1. The lowest BCUT2D eigenvalue weighted by atomic mass is 9.83. The minimum Gasteiger partial charge on any atom is -0.384 e. The van der Waals surface area contributed by atoms with Gasteiger partial charge in [0.05, 0.1) is 17.8 Å². The SMILES string of the molecule is Cc1noc(C2CCCN2C(c2cccc(N)n2)C(c2cccnc2)c2cccnc2)n1. The second kappa shape index (κ2) is 8.84. The van der Waals surface area contributed by atoms with Crippen molar-refractivity contribution in [1.82, 2.24) is 30.0 Å². The molecule has 32 heavy (non-hydrogen) atoms. The molecule has 4 aromatic rings. The summed E-state index contributed by atoms with van der Waals surface area (Å²) in [6, 6.07) is 13.8. The van der Waals surface area contributed by atoms with Gasteiger partial charge in [-0.05, 0) is 61.7 Å². The van der Waals surface area contributed by atoms with E-state index in [4.69, 9.17) is 15.2 Å². The number of nitrogens with two attached hydrogens (primary N) is 1. The molecule has 8 heteroatoms. The molecule has 8 nitrogen and oxygen atoms in total. The van der Waals surface area contributed by atoms with Crippen molar-refractivity contribution in [1.29, 1.82) is 0 Å². The molecule has 1 fully saturated rings. The molecule has 0 aromatic carbocycles. The Labute approximate surface area is 186 Å². The highest BCUT2D eigenvalue weighted by molar-refractivity contribution is 5.37. The molecular formula is C24H25N7O. The Kier molecular flexibility index (Phi) is 5.60. The maximum atomic E-state index is 6.13. The number of nitrogens with zero attached hydrogens (tertiary/aromatic N) is 6. The molecule has 0 aliphatic carbocycles. The highest BCUT2D eigenvalue weighted by Gasteiger charge is 2.41. The van der Waals surface area contributed by atoms with Crippen LogP contribution in [-0.4, -0.2) is 36.5 Å². The summed E-state index contributed by atoms with van der Waals surface area (Å²) in [6.45, 7) is 2.72. The van der Waals surface area contributed by atoms with Crippen LogP contribution in [0.25, 0.3) is 0 Å². The maximum absolute atomic E-state index is 6.13. The first-order valence-corrected chi connectivity index (χ1v) is 10.8. The molecule has 5 rings (SSSR count). The van der Waals surface area contributed by atoms with Gasteiger partial charge in [-0.15, -0.1) is 0 Å². The number of aryl methyl sites for hydroxylation is 1. The van der Waals surface area contributed by atoms with Crippen molar-refractivity contribution in [3.05, 3.63) is 95.8 Å². The summed E-state index contributed by atoms with van der Waals surface area (Å²) in [4.78, 5) is 20.5. The van der Waals surface area contributed by atoms with Crippen LogP contribution in [0.2, 0.25) is 0 Å². The van der Waals surface area contributed by atoms with Crippen LogP contribution in [0.4, 0.5) is 5.82 Å². The molecule has 0 amide bonds. The predicted molar refractivity (Wildman–Crippen MR) is 119 cm³/mol. The van der Waals surface area contributed by atoms with E-state index in [9.17, 15) is 0 Å². The van der Waals surface area contributed by atoms with Gasteiger partial charge in [0.1, 0.15) is 5.82 Å². The van der Waals surface area contributed by atoms with Gasteiger partial charge in [-0.25, -0.2) is 4.98 Å². The fourth-order valence-corrected chi connectivity index (χ4v) is 4.68. The first kappa shape index (κ1) is 20.3. The third-order valence-electron chi connectivity index (χ3n) is 5.98. The van der Waals surface area contributed by atoms with E-state index in [0.29, 0.717) is 17.5 Å². The lowest BCUT2D eigenvalue weighted by molar-refractivity contribution is 0.136. The van der Waals surface area contributed by atoms with Gasteiger partial charge < -0.3 is 10.3 Å². The van der Waals surface area contributed by atoms with E-state index in [1.165, 1.54) is 0 Å².